The molecule has 0 spiro atoms. The van der Waals surface area contributed by atoms with Crippen LogP contribution >= 0.6 is 23.2 Å². The molecule has 0 amide bonds. The first-order valence-corrected chi connectivity index (χ1v) is 8.52. The van der Waals surface area contributed by atoms with Crippen LogP contribution in [0.3, 0.4) is 0 Å². The van der Waals surface area contributed by atoms with Gasteiger partial charge in [0.2, 0.25) is 0 Å². The van der Waals surface area contributed by atoms with Crippen molar-refractivity contribution in [1.29, 1.82) is 0 Å². The number of hydrogen-bond donors (Lipinski definition) is 2. The van der Waals surface area contributed by atoms with Crippen LogP contribution < -0.4 is 5.32 Å². The topological polar surface area (TPSA) is 61.0 Å². The molecule has 1 saturated heterocycles. The lowest BCUT2D eigenvalue weighted by molar-refractivity contribution is -0.107. The lowest BCUT2D eigenvalue weighted by Crippen LogP contribution is -2.40. The molecule has 3 rings (SSSR count). The summed E-state index contributed by atoms with van der Waals surface area (Å²) in [6, 6.07) is 3.38. The van der Waals surface area contributed by atoms with Crippen molar-refractivity contribution < 1.29 is 4.79 Å². The zero-order chi connectivity index (χ0) is 17.2. The number of aromatic amines is 1. The van der Waals surface area contributed by atoms with Crippen LogP contribution in [0.15, 0.2) is 12.1 Å². The smallest absolute Gasteiger partial charge is 0.125 e. The highest BCUT2D eigenvalue weighted by atomic mass is 35.5. The Bertz CT molecular complexity index is 609. The number of fused-ring (bicyclic) bond motifs is 1. The molecule has 2 aromatic rings. The molecule has 2 N–H and O–H groups in total. The van der Waals surface area contributed by atoms with Crippen LogP contribution in [0.1, 0.15) is 19.5 Å². The van der Waals surface area contributed by atoms with E-state index in [1.807, 2.05) is 13.8 Å². The molecule has 128 valence electrons. The Hall–Kier alpha value is -1.14. The number of benzene rings is 1. The Morgan fingerprint density at radius 2 is 1.83 bits per heavy atom. The molecule has 1 fully saturated rings. The van der Waals surface area contributed by atoms with E-state index in [1.54, 1.807) is 12.1 Å². The fourth-order valence-electron chi connectivity index (χ4n) is 2.07. The molecule has 1 aromatic heterocycles. The minimum atomic E-state index is 0.300. The minimum absolute atomic E-state index is 0.300. The molecular weight excluding hydrogens is 335 g/mol. The molecule has 0 radical (unpaired) electrons. The summed E-state index contributed by atoms with van der Waals surface area (Å²) in [6.45, 7) is 8.74. The number of aldehydes is 1. The zero-order valence-corrected chi connectivity index (χ0v) is 15.3. The first-order chi connectivity index (χ1) is 11.1. The summed E-state index contributed by atoms with van der Waals surface area (Å²) in [6.07, 6.45) is 1.12. The number of rotatable bonds is 2. The third-order valence-corrected chi connectivity index (χ3v) is 4.03. The van der Waals surface area contributed by atoms with Crippen LogP contribution in [0.25, 0.3) is 10.9 Å². The van der Waals surface area contributed by atoms with Crippen LogP contribution in [0.2, 0.25) is 10.0 Å². The maximum Gasteiger partial charge on any atom is 0.125 e. The molecule has 0 bridgehead atoms. The van der Waals surface area contributed by atoms with E-state index in [-0.39, 0.29) is 0 Å². The van der Waals surface area contributed by atoms with Gasteiger partial charge in [-0.2, -0.15) is 5.10 Å². The number of piperazine rings is 1. The van der Waals surface area contributed by atoms with Crippen molar-refractivity contribution in [2.45, 2.75) is 20.3 Å². The molecule has 5 nitrogen and oxygen atoms in total. The van der Waals surface area contributed by atoms with Crippen molar-refractivity contribution in [3.05, 3.63) is 27.9 Å². The van der Waals surface area contributed by atoms with Gasteiger partial charge in [0.1, 0.15) is 6.29 Å². The van der Waals surface area contributed by atoms with Gasteiger partial charge in [-0.05, 0) is 19.2 Å². The van der Waals surface area contributed by atoms with Crippen molar-refractivity contribution in [3.63, 3.8) is 0 Å². The van der Waals surface area contributed by atoms with E-state index in [9.17, 15) is 4.79 Å². The number of likely N-dealkylation sites (N-methyl/N-ethyl adjacent to an activating group) is 1. The average molecular weight is 359 g/mol. The highest BCUT2D eigenvalue weighted by Gasteiger charge is 2.07. The number of H-pyrrole nitrogens is 1. The maximum atomic E-state index is 10.4. The van der Waals surface area contributed by atoms with Crippen molar-refractivity contribution in [3.8, 4) is 0 Å². The molecular formula is C16H24Cl2N4O. The minimum Gasteiger partial charge on any atom is -0.314 e. The molecule has 1 aliphatic rings. The van der Waals surface area contributed by atoms with E-state index in [2.05, 4.69) is 27.5 Å². The molecule has 23 heavy (non-hydrogen) atoms. The number of aromatic nitrogens is 2. The second kappa shape index (κ2) is 10.6. The quantitative estimate of drug-likeness (QED) is 0.809. The van der Waals surface area contributed by atoms with E-state index >= 15 is 0 Å². The van der Waals surface area contributed by atoms with Gasteiger partial charge in [-0.1, -0.05) is 37.0 Å². The summed E-state index contributed by atoms with van der Waals surface area (Å²) in [5, 5.41) is 11.8. The number of hydrogen-bond acceptors (Lipinski definition) is 4. The molecule has 0 atom stereocenters. The average Bonchev–Trinajstić information content (AvgIpc) is 2.94. The van der Waals surface area contributed by atoms with E-state index in [1.165, 1.54) is 13.1 Å². The Kier molecular flexibility index (Phi) is 9.17. The van der Waals surface area contributed by atoms with E-state index in [0.29, 0.717) is 16.5 Å². The predicted octanol–water partition coefficient (Wildman–Crippen LogP) is 3.16. The summed E-state index contributed by atoms with van der Waals surface area (Å²) < 4.78 is 0. The van der Waals surface area contributed by atoms with Crippen molar-refractivity contribution in [2.24, 2.45) is 0 Å². The lowest BCUT2D eigenvalue weighted by atomic mass is 10.2. The SMILES string of the molecule is CC.CN1CCNCC1.O=CCc1[nH]nc2cc(Cl)c(Cl)cc12. The van der Waals surface area contributed by atoms with Gasteiger partial charge >= 0.3 is 0 Å². The lowest BCUT2D eigenvalue weighted by Gasteiger charge is -2.21. The highest BCUT2D eigenvalue weighted by Crippen LogP contribution is 2.28. The monoisotopic (exact) mass is 358 g/mol. The second-order valence-electron chi connectivity index (χ2n) is 4.91. The number of carbonyl (C=O) groups excluding carboxylic acids is 1. The molecule has 0 aliphatic carbocycles. The van der Waals surface area contributed by atoms with Crippen LogP contribution in [0, 0.1) is 0 Å². The van der Waals surface area contributed by atoms with Crippen molar-refractivity contribution in [1.82, 2.24) is 20.4 Å². The van der Waals surface area contributed by atoms with E-state index in [4.69, 9.17) is 23.2 Å². The van der Waals surface area contributed by atoms with Crippen LogP contribution in [0.5, 0.6) is 0 Å². The van der Waals surface area contributed by atoms with E-state index in [0.717, 1.165) is 36.0 Å². The van der Waals surface area contributed by atoms with Crippen LogP contribution in [-0.4, -0.2) is 54.6 Å². The number of halogens is 2. The third kappa shape index (κ3) is 6.11. The normalized spacial score (nSPS) is 14.5. The molecule has 0 saturated carbocycles. The Morgan fingerprint density at radius 3 is 2.35 bits per heavy atom. The Morgan fingerprint density at radius 1 is 1.22 bits per heavy atom. The number of nitrogens with one attached hydrogen (secondary N) is 2. The maximum absolute atomic E-state index is 10.4. The number of carbonyl (C=O) groups is 1. The van der Waals surface area contributed by atoms with Crippen molar-refractivity contribution >= 4 is 40.4 Å². The zero-order valence-electron chi connectivity index (χ0n) is 13.8. The van der Waals surface area contributed by atoms with Gasteiger partial charge in [0.05, 0.1) is 21.3 Å². The Labute approximate surface area is 147 Å². The molecule has 7 heteroatoms. The summed E-state index contributed by atoms with van der Waals surface area (Å²) >= 11 is 11.7. The Balaban J connectivity index is 0.000000247. The van der Waals surface area contributed by atoms with E-state index < -0.39 is 0 Å². The summed E-state index contributed by atoms with van der Waals surface area (Å²) in [5.74, 6) is 0. The fourth-order valence-corrected chi connectivity index (χ4v) is 2.40. The van der Waals surface area contributed by atoms with Crippen LogP contribution in [-0.2, 0) is 11.2 Å². The van der Waals surface area contributed by atoms with Crippen molar-refractivity contribution in [2.75, 3.05) is 33.2 Å². The van der Waals surface area contributed by atoms with Gasteiger partial charge in [0, 0.05) is 38.0 Å². The summed E-state index contributed by atoms with van der Waals surface area (Å²) in [7, 11) is 2.15. The highest BCUT2D eigenvalue weighted by molar-refractivity contribution is 6.42. The van der Waals surface area contributed by atoms with Crippen LogP contribution in [0.4, 0.5) is 0 Å². The molecule has 2 heterocycles. The third-order valence-electron chi connectivity index (χ3n) is 3.30. The first kappa shape index (κ1) is 19.9. The molecule has 0 unspecified atom stereocenters. The van der Waals surface area contributed by atoms with Gasteiger partial charge in [-0.15, -0.1) is 0 Å². The standard InChI is InChI=1S/C9H6Cl2N2O.C5H12N2.C2H6/c10-6-3-5-8(1-2-14)12-13-9(5)4-7(6)11;1-7-4-2-6-3-5-7;1-2/h2-4H,1H2,(H,12,13);6H,2-5H2,1H3;1-2H3. The summed E-state index contributed by atoms with van der Waals surface area (Å²) in [4.78, 5) is 12.7. The van der Waals surface area contributed by atoms with Gasteiger partial charge in [0.25, 0.3) is 0 Å². The van der Waals surface area contributed by atoms with Gasteiger partial charge in [0.15, 0.2) is 0 Å². The first-order valence-electron chi connectivity index (χ1n) is 7.76. The summed E-state index contributed by atoms with van der Waals surface area (Å²) in [5.41, 5.74) is 1.48. The molecule has 1 aromatic carbocycles. The fraction of sp³-hybridized carbons (Fsp3) is 0.500. The second-order valence-corrected chi connectivity index (χ2v) is 5.72. The molecule has 1 aliphatic heterocycles. The van der Waals surface area contributed by atoms with Gasteiger partial charge in [-0.3, -0.25) is 5.10 Å². The predicted molar refractivity (Wildman–Crippen MR) is 97.6 cm³/mol. The number of nitrogens with zero attached hydrogens (tertiary/aromatic N) is 2. The van der Waals surface area contributed by atoms with Gasteiger partial charge < -0.3 is 15.0 Å². The largest absolute Gasteiger partial charge is 0.314 e. The van der Waals surface area contributed by atoms with Gasteiger partial charge in [-0.25, -0.2) is 0 Å².